The van der Waals surface area contributed by atoms with E-state index >= 15 is 0 Å². The summed E-state index contributed by atoms with van der Waals surface area (Å²) in [6.45, 7) is 1.93. The van der Waals surface area contributed by atoms with Crippen LogP contribution in [0.4, 0.5) is 4.39 Å². The summed E-state index contributed by atoms with van der Waals surface area (Å²) in [5, 5.41) is 3.31. The molecule has 1 aromatic carbocycles. The Bertz CT molecular complexity index is 647. The van der Waals surface area contributed by atoms with Crippen LogP contribution in [0.25, 0.3) is 10.4 Å². The van der Waals surface area contributed by atoms with Crippen molar-refractivity contribution in [2.45, 2.75) is 18.9 Å². The second kappa shape index (κ2) is 6.58. The van der Waals surface area contributed by atoms with Crippen molar-refractivity contribution in [3.63, 3.8) is 0 Å². The first-order chi connectivity index (χ1) is 10.6. The van der Waals surface area contributed by atoms with Gasteiger partial charge in [0.15, 0.2) is 0 Å². The van der Waals surface area contributed by atoms with E-state index in [9.17, 15) is 9.18 Å². The molecule has 116 valence electrons. The fraction of sp³-hybridized carbons (Fsp3) is 0.353. The Hall–Kier alpha value is -1.72. The molecular weight excluding hydrogens is 299 g/mol. The van der Waals surface area contributed by atoms with Gasteiger partial charge in [-0.3, -0.25) is 4.79 Å². The zero-order chi connectivity index (χ0) is 15.5. The Morgan fingerprint density at radius 3 is 2.55 bits per heavy atom. The average molecular weight is 318 g/mol. The van der Waals surface area contributed by atoms with Crippen LogP contribution >= 0.6 is 11.3 Å². The molecule has 0 spiro atoms. The highest BCUT2D eigenvalue weighted by Crippen LogP contribution is 2.29. The SMILES string of the molecule is CN(C(=O)c1ccc(-c2ccc(F)cc2)s1)C1CCNCC1. The van der Waals surface area contributed by atoms with E-state index in [1.54, 1.807) is 12.1 Å². The van der Waals surface area contributed by atoms with E-state index in [1.807, 2.05) is 24.1 Å². The van der Waals surface area contributed by atoms with E-state index in [0.717, 1.165) is 41.2 Å². The van der Waals surface area contributed by atoms with Crippen LogP contribution in [0.3, 0.4) is 0 Å². The second-order valence-corrected chi connectivity index (χ2v) is 6.65. The van der Waals surface area contributed by atoms with Crippen LogP contribution in [0.5, 0.6) is 0 Å². The molecule has 0 aliphatic carbocycles. The van der Waals surface area contributed by atoms with Crippen molar-refractivity contribution >= 4 is 17.2 Å². The van der Waals surface area contributed by atoms with Gasteiger partial charge in [0.2, 0.25) is 0 Å². The average Bonchev–Trinajstić information content (AvgIpc) is 3.05. The minimum Gasteiger partial charge on any atom is -0.338 e. The third-order valence-corrected chi connectivity index (χ3v) is 5.24. The molecule has 2 heterocycles. The zero-order valence-electron chi connectivity index (χ0n) is 12.5. The lowest BCUT2D eigenvalue weighted by atomic mass is 10.1. The molecule has 0 unspecified atom stereocenters. The lowest BCUT2D eigenvalue weighted by Crippen LogP contribution is -2.43. The molecule has 0 bridgehead atoms. The van der Waals surface area contributed by atoms with Gasteiger partial charge < -0.3 is 10.2 Å². The summed E-state index contributed by atoms with van der Waals surface area (Å²) in [5.74, 6) is -0.174. The number of halogens is 1. The molecule has 1 amide bonds. The van der Waals surface area contributed by atoms with Gasteiger partial charge in [0.05, 0.1) is 4.88 Å². The van der Waals surface area contributed by atoms with Crippen molar-refractivity contribution in [2.24, 2.45) is 0 Å². The van der Waals surface area contributed by atoms with Crippen molar-refractivity contribution in [1.82, 2.24) is 10.2 Å². The highest BCUT2D eigenvalue weighted by Gasteiger charge is 2.23. The van der Waals surface area contributed by atoms with Gasteiger partial charge >= 0.3 is 0 Å². The Balaban J connectivity index is 1.75. The first-order valence-corrected chi connectivity index (χ1v) is 8.30. The Morgan fingerprint density at radius 2 is 1.86 bits per heavy atom. The summed E-state index contributed by atoms with van der Waals surface area (Å²) >= 11 is 1.46. The van der Waals surface area contributed by atoms with Crippen molar-refractivity contribution in [2.75, 3.05) is 20.1 Å². The number of carbonyl (C=O) groups is 1. The summed E-state index contributed by atoms with van der Waals surface area (Å²) in [5.41, 5.74) is 0.940. The van der Waals surface area contributed by atoms with Crippen molar-refractivity contribution in [1.29, 1.82) is 0 Å². The maximum atomic E-state index is 13.0. The maximum absolute atomic E-state index is 13.0. The number of rotatable bonds is 3. The van der Waals surface area contributed by atoms with Gasteiger partial charge in [-0.15, -0.1) is 11.3 Å². The second-order valence-electron chi connectivity index (χ2n) is 5.57. The molecule has 1 aliphatic heterocycles. The number of nitrogens with zero attached hydrogens (tertiary/aromatic N) is 1. The predicted octanol–water partition coefficient (Wildman–Crippen LogP) is 3.38. The highest BCUT2D eigenvalue weighted by atomic mass is 32.1. The monoisotopic (exact) mass is 318 g/mol. The number of hydrogen-bond acceptors (Lipinski definition) is 3. The molecule has 0 atom stereocenters. The Kier molecular flexibility index (Phi) is 4.55. The highest BCUT2D eigenvalue weighted by molar-refractivity contribution is 7.17. The van der Waals surface area contributed by atoms with Gasteiger partial charge in [-0.2, -0.15) is 0 Å². The molecule has 22 heavy (non-hydrogen) atoms. The largest absolute Gasteiger partial charge is 0.338 e. The molecule has 2 aromatic rings. The van der Waals surface area contributed by atoms with Gasteiger partial charge in [0.25, 0.3) is 5.91 Å². The molecule has 1 N–H and O–H groups in total. The third-order valence-electron chi connectivity index (χ3n) is 4.12. The molecule has 1 aromatic heterocycles. The lowest BCUT2D eigenvalue weighted by Gasteiger charge is -2.31. The predicted molar refractivity (Wildman–Crippen MR) is 87.7 cm³/mol. The number of hydrogen-bond donors (Lipinski definition) is 1. The minimum absolute atomic E-state index is 0.0743. The van der Waals surface area contributed by atoms with E-state index in [1.165, 1.54) is 23.5 Å². The number of nitrogens with one attached hydrogen (secondary N) is 1. The van der Waals surface area contributed by atoms with E-state index < -0.39 is 0 Å². The summed E-state index contributed by atoms with van der Waals surface area (Å²) in [7, 11) is 1.88. The van der Waals surface area contributed by atoms with Gasteiger partial charge in [0.1, 0.15) is 5.82 Å². The van der Waals surface area contributed by atoms with Crippen LogP contribution < -0.4 is 5.32 Å². The summed E-state index contributed by atoms with van der Waals surface area (Å²) in [6, 6.07) is 10.5. The van der Waals surface area contributed by atoms with E-state index in [2.05, 4.69) is 5.32 Å². The lowest BCUT2D eigenvalue weighted by molar-refractivity contribution is 0.0708. The first kappa shape index (κ1) is 15.2. The molecule has 1 fully saturated rings. The number of benzene rings is 1. The smallest absolute Gasteiger partial charge is 0.263 e. The van der Waals surface area contributed by atoms with E-state index in [-0.39, 0.29) is 11.7 Å². The van der Waals surface area contributed by atoms with Gasteiger partial charge in [0, 0.05) is 18.0 Å². The van der Waals surface area contributed by atoms with Crippen molar-refractivity contribution in [3.8, 4) is 10.4 Å². The molecule has 5 heteroatoms. The van der Waals surface area contributed by atoms with Gasteiger partial charge in [-0.25, -0.2) is 4.39 Å². The standard InChI is InChI=1S/C17H19FN2OS/c1-20(14-8-10-19-11-9-14)17(21)16-7-6-15(22-16)12-2-4-13(18)5-3-12/h2-7,14,19H,8-11H2,1H3. The van der Waals surface area contributed by atoms with Crippen molar-refractivity contribution < 1.29 is 9.18 Å². The fourth-order valence-corrected chi connectivity index (χ4v) is 3.75. The van der Waals surface area contributed by atoms with E-state index in [4.69, 9.17) is 0 Å². The topological polar surface area (TPSA) is 32.3 Å². The molecule has 1 saturated heterocycles. The van der Waals surface area contributed by atoms with Crippen LogP contribution in [0.1, 0.15) is 22.5 Å². The number of carbonyl (C=O) groups excluding carboxylic acids is 1. The summed E-state index contributed by atoms with van der Waals surface area (Å²) < 4.78 is 13.0. The van der Waals surface area contributed by atoms with Gasteiger partial charge in [-0.05, 0) is 55.8 Å². The number of amides is 1. The van der Waals surface area contributed by atoms with Crippen LogP contribution in [-0.4, -0.2) is 37.0 Å². The van der Waals surface area contributed by atoms with Crippen molar-refractivity contribution in [3.05, 3.63) is 47.1 Å². The zero-order valence-corrected chi connectivity index (χ0v) is 13.3. The quantitative estimate of drug-likeness (QED) is 0.941. The maximum Gasteiger partial charge on any atom is 0.263 e. The van der Waals surface area contributed by atoms with Crippen LogP contribution in [-0.2, 0) is 0 Å². The first-order valence-electron chi connectivity index (χ1n) is 7.49. The molecule has 0 radical (unpaired) electrons. The molecule has 1 aliphatic rings. The number of piperidine rings is 1. The molecular formula is C17H19FN2OS. The minimum atomic E-state index is -0.248. The van der Waals surface area contributed by atoms with Crippen LogP contribution in [0.2, 0.25) is 0 Å². The van der Waals surface area contributed by atoms with Gasteiger partial charge in [-0.1, -0.05) is 12.1 Å². The van der Waals surface area contributed by atoms with Crippen LogP contribution in [0.15, 0.2) is 36.4 Å². The molecule has 3 nitrogen and oxygen atoms in total. The molecule has 3 rings (SSSR count). The van der Waals surface area contributed by atoms with E-state index in [0.29, 0.717) is 6.04 Å². The summed E-state index contributed by atoms with van der Waals surface area (Å²) in [4.78, 5) is 16.2. The summed E-state index contributed by atoms with van der Waals surface area (Å²) in [6.07, 6.45) is 2.00. The number of thiophene rings is 1. The normalized spacial score (nSPS) is 15.7. The Labute approximate surface area is 133 Å². The Morgan fingerprint density at radius 1 is 1.18 bits per heavy atom. The van der Waals surface area contributed by atoms with Crippen LogP contribution in [0, 0.1) is 5.82 Å². The molecule has 0 saturated carbocycles. The fourth-order valence-electron chi connectivity index (χ4n) is 2.76. The third kappa shape index (κ3) is 3.20.